The van der Waals surface area contributed by atoms with Gasteiger partial charge in [0.05, 0.1) is 0 Å². The third-order valence-electron chi connectivity index (χ3n) is 4.53. The lowest BCUT2D eigenvalue weighted by Gasteiger charge is -2.33. The highest BCUT2D eigenvalue weighted by Gasteiger charge is 2.25. The highest BCUT2D eigenvalue weighted by atomic mass is 79.9. The summed E-state index contributed by atoms with van der Waals surface area (Å²) in [5.41, 5.74) is 0. The Morgan fingerprint density at radius 3 is 2.48 bits per heavy atom. The summed E-state index contributed by atoms with van der Waals surface area (Å²) < 4.78 is 1.16. The Hall–Kier alpha value is 0.01000. The Morgan fingerprint density at radius 2 is 1.86 bits per heavy atom. The van der Waals surface area contributed by atoms with Gasteiger partial charge in [-0.15, -0.1) is 11.8 Å². The molecule has 0 bridgehead atoms. The van der Waals surface area contributed by atoms with Gasteiger partial charge in [0.25, 0.3) is 0 Å². The third kappa shape index (κ3) is 5.96. The van der Waals surface area contributed by atoms with Crippen molar-refractivity contribution in [2.45, 2.75) is 56.9 Å². The van der Waals surface area contributed by atoms with Crippen molar-refractivity contribution < 1.29 is 0 Å². The van der Waals surface area contributed by atoms with Crippen LogP contribution in [0.4, 0.5) is 0 Å². The van der Waals surface area contributed by atoms with Gasteiger partial charge in [0.15, 0.2) is 0 Å². The molecule has 1 aliphatic carbocycles. The molecule has 1 unspecified atom stereocenters. The quantitative estimate of drug-likeness (QED) is 0.615. The van der Waals surface area contributed by atoms with Gasteiger partial charge in [-0.3, -0.25) is 0 Å². The highest BCUT2D eigenvalue weighted by Crippen LogP contribution is 2.32. The summed E-state index contributed by atoms with van der Waals surface area (Å²) >= 11 is 5.51. The van der Waals surface area contributed by atoms with Gasteiger partial charge < -0.3 is 5.32 Å². The van der Waals surface area contributed by atoms with E-state index in [9.17, 15) is 0 Å². The van der Waals surface area contributed by atoms with E-state index in [2.05, 4.69) is 59.4 Å². The maximum Gasteiger partial charge on any atom is 0.0189 e. The zero-order chi connectivity index (χ0) is 15.1. The average molecular weight is 370 g/mol. The average Bonchev–Trinajstić information content (AvgIpc) is 2.50. The van der Waals surface area contributed by atoms with Gasteiger partial charge in [-0.25, -0.2) is 0 Å². The molecule has 0 radical (unpaired) electrons. The van der Waals surface area contributed by atoms with E-state index in [1.165, 1.54) is 42.8 Å². The van der Waals surface area contributed by atoms with E-state index in [0.29, 0.717) is 6.04 Å². The molecule has 1 saturated carbocycles. The molecular formula is C18H28BrNS. The lowest BCUT2D eigenvalue weighted by atomic mass is 9.79. The Kier molecular flexibility index (Phi) is 7.62. The summed E-state index contributed by atoms with van der Waals surface area (Å²) in [6, 6.07) is 9.38. The van der Waals surface area contributed by atoms with Crippen molar-refractivity contribution in [2.24, 2.45) is 11.8 Å². The maximum atomic E-state index is 3.81. The van der Waals surface area contributed by atoms with Gasteiger partial charge in [-0.2, -0.15) is 0 Å². The molecule has 2 rings (SSSR count). The van der Waals surface area contributed by atoms with E-state index >= 15 is 0 Å². The van der Waals surface area contributed by atoms with E-state index in [1.807, 2.05) is 11.8 Å². The summed E-state index contributed by atoms with van der Waals surface area (Å²) in [5.74, 6) is 3.00. The Bertz CT molecular complexity index is 398. The number of halogens is 1. The number of hydrogen-bond donors (Lipinski definition) is 1. The number of rotatable bonds is 7. The zero-order valence-corrected chi connectivity index (χ0v) is 15.7. The minimum Gasteiger partial charge on any atom is -0.313 e. The molecule has 1 aromatic rings. The summed E-state index contributed by atoms with van der Waals surface area (Å²) in [6.45, 7) is 5.81. The second kappa shape index (κ2) is 9.22. The second-order valence-corrected chi connectivity index (χ2v) is 8.35. The predicted octanol–water partition coefficient (Wildman–Crippen LogP) is 5.74. The van der Waals surface area contributed by atoms with Crippen LogP contribution in [0.2, 0.25) is 0 Å². The van der Waals surface area contributed by atoms with Gasteiger partial charge in [0, 0.05) is 21.2 Å². The van der Waals surface area contributed by atoms with Crippen LogP contribution in [0.5, 0.6) is 0 Å². The third-order valence-corrected chi connectivity index (χ3v) is 6.19. The molecule has 0 aromatic heterocycles. The van der Waals surface area contributed by atoms with Crippen LogP contribution in [-0.2, 0) is 0 Å². The first-order valence-electron chi connectivity index (χ1n) is 8.30. The summed E-state index contributed by atoms with van der Waals surface area (Å²) in [6.07, 6.45) is 6.87. The fourth-order valence-corrected chi connectivity index (χ4v) is 4.45. The summed E-state index contributed by atoms with van der Waals surface area (Å²) in [4.78, 5) is 1.38. The van der Waals surface area contributed by atoms with Crippen LogP contribution in [-0.4, -0.2) is 18.3 Å². The van der Waals surface area contributed by atoms with E-state index in [0.717, 1.165) is 22.9 Å². The van der Waals surface area contributed by atoms with Crippen molar-refractivity contribution in [1.82, 2.24) is 5.32 Å². The zero-order valence-electron chi connectivity index (χ0n) is 13.3. The molecule has 0 heterocycles. The van der Waals surface area contributed by atoms with Crippen LogP contribution in [0, 0.1) is 11.8 Å². The molecule has 1 N–H and O–H groups in total. The van der Waals surface area contributed by atoms with Crippen molar-refractivity contribution in [2.75, 3.05) is 12.3 Å². The highest BCUT2D eigenvalue weighted by molar-refractivity contribution is 9.10. The molecular weight excluding hydrogens is 342 g/mol. The number of benzene rings is 1. The van der Waals surface area contributed by atoms with E-state index in [1.54, 1.807) is 0 Å². The Labute approximate surface area is 142 Å². The van der Waals surface area contributed by atoms with Gasteiger partial charge in [-0.1, -0.05) is 42.6 Å². The number of hydrogen-bond acceptors (Lipinski definition) is 2. The number of thioether (sulfide) groups is 1. The molecule has 3 heteroatoms. The van der Waals surface area contributed by atoms with Gasteiger partial charge in [-0.05, 0) is 61.9 Å². The Morgan fingerprint density at radius 1 is 1.19 bits per heavy atom. The van der Waals surface area contributed by atoms with Gasteiger partial charge >= 0.3 is 0 Å². The van der Waals surface area contributed by atoms with E-state index in [-0.39, 0.29) is 0 Å². The second-order valence-electron chi connectivity index (χ2n) is 6.35. The van der Waals surface area contributed by atoms with Gasteiger partial charge in [0.1, 0.15) is 0 Å². The van der Waals surface area contributed by atoms with Crippen molar-refractivity contribution >= 4 is 27.7 Å². The fourth-order valence-electron chi connectivity index (χ4n) is 3.10. The van der Waals surface area contributed by atoms with Crippen molar-refractivity contribution in [1.29, 1.82) is 0 Å². The molecule has 0 amide bonds. The molecule has 1 aliphatic rings. The van der Waals surface area contributed by atoms with Gasteiger partial charge in [0.2, 0.25) is 0 Å². The molecule has 1 fully saturated rings. The first-order valence-corrected chi connectivity index (χ1v) is 10.1. The monoisotopic (exact) mass is 369 g/mol. The van der Waals surface area contributed by atoms with Crippen molar-refractivity contribution in [3.63, 3.8) is 0 Å². The van der Waals surface area contributed by atoms with E-state index < -0.39 is 0 Å². The van der Waals surface area contributed by atoms with Crippen LogP contribution >= 0.6 is 27.7 Å². The van der Waals surface area contributed by atoms with Crippen LogP contribution < -0.4 is 5.32 Å². The van der Waals surface area contributed by atoms with Crippen molar-refractivity contribution in [3.8, 4) is 0 Å². The minimum atomic E-state index is 0.672. The van der Waals surface area contributed by atoms with Crippen LogP contribution in [0.3, 0.4) is 0 Å². The largest absolute Gasteiger partial charge is 0.313 e. The first kappa shape index (κ1) is 17.4. The normalized spacial score (nSPS) is 24.0. The first-order chi connectivity index (χ1) is 10.2. The molecule has 1 aromatic carbocycles. The lowest BCUT2D eigenvalue weighted by Crippen LogP contribution is -2.40. The van der Waals surface area contributed by atoms with E-state index in [4.69, 9.17) is 0 Å². The minimum absolute atomic E-state index is 0.672. The smallest absolute Gasteiger partial charge is 0.0189 e. The topological polar surface area (TPSA) is 12.0 Å². The summed E-state index contributed by atoms with van der Waals surface area (Å²) in [5, 5.41) is 3.81. The van der Waals surface area contributed by atoms with Crippen LogP contribution in [0.15, 0.2) is 33.6 Å². The molecule has 0 spiro atoms. The SMILES string of the molecule is CCCNC(CSc1ccc(Br)cc1)C1CCC(C)CC1. The fraction of sp³-hybridized carbons (Fsp3) is 0.667. The lowest BCUT2D eigenvalue weighted by molar-refractivity contribution is 0.242. The molecule has 1 nitrogen and oxygen atoms in total. The molecule has 118 valence electrons. The molecule has 21 heavy (non-hydrogen) atoms. The maximum absolute atomic E-state index is 3.81. The molecule has 1 atom stereocenters. The predicted molar refractivity (Wildman–Crippen MR) is 98.1 cm³/mol. The molecule has 0 aliphatic heterocycles. The standard InChI is InChI=1S/C18H28BrNS/c1-3-12-20-18(15-6-4-14(2)5-7-15)13-21-17-10-8-16(19)9-11-17/h8-11,14-15,18,20H,3-7,12-13H2,1-2H3. The van der Waals surface area contributed by atoms with Crippen LogP contribution in [0.25, 0.3) is 0 Å². The van der Waals surface area contributed by atoms with Crippen LogP contribution in [0.1, 0.15) is 46.0 Å². The Balaban J connectivity index is 1.87. The summed E-state index contributed by atoms with van der Waals surface area (Å²) in [7, 11) is 0. The van der Waals surface area contributed by atoms with Crippen molar-refractivity contribution in [3.05, 3.63) is 28.7 Å². The number of nitrogens with one attached hydrogen (secondary N) is 1. The molecule has 0 saturated heterocycles.